The van der Waals surface area contributed by atoms with E-state index in [0.29, 0.717) is 0 Å². The van der Waals surface area contributed by atoms with E-state index in [4.69, 9.17) is 0 Å². The van der Waals surface area contributed by atoms with E-state index in [1.54, 1.807) is 0 Å². The number of hydrogen-bond acceptors (Lipinski definition) is 2. The fourth-order valence-corrected chi connectivity index (χ4v) is 3.60. The minimum atomic E-state index is -2.08. The third kappa shape index (κ3) is 2.55. The number of rotatable bonds is 2. The van der Waals surface area contributed by atoms with Gasteiger partial charge in [0, 0.05) is 17.3 Å². The average Bonchev–Trinajstić information content (AvgIpc) is 2.17. The summed E-state index contributed by atoms with van der Waals surface area (Å²) >= 11 is -2.08. The molecule has 0 aromatic heterocycles. The lowest BCUT2D eigenvalue weighted by molar-refractivity contribution is 0.151. The minimum Gasteiger partial charge on any atom is -0.760 e. The van der Waals surface area contributed by atoms with Gasteiger partial charge in [-0.1, -0.05) is 25.7 Å². The second-order valence-electron chi connectivity index (χ2n) is 4.67. The van der Waals surface area contributed by atoms with Crippen molar-refractivity contribution < 1.29 is 8.76 Å². The molecule has 4 unspecified atom stereocenters. The molecule has 0 radical (unpaired) electrons. The molecule has 0 aliphatic heterocycles. The molecule has 4 atom stereocenters. The summed E-state index contributed by atoms with van der Waals surface area (Å²) in [6.45, 7) is 0. The minimum absolute atomic E-state index is 0.215. The van der Waals surface area contributed by atoms with Crippen LogP contribution in [0.5, 0.6) is 0 Å². The molecule has 3 nitrogen and oxygen atoms in total. The Morgan fingerprint density at radius 2 is 1.79 bits per heavy atom. The van der Waals surface area contributed by atoms with E-state index < -0.39 is 11.3 Å². The molecule has 2 saturated carbocycles. The third-order valence-electron chi connectivity index (χ3n) is 3.80. The first-order chi connectivity index (χ1) is 6.75. The van der Waals surface area contributed by atoms with Crippen LogP contribution >= 0.6 is 0 Å². The number of hydrogen-bond donors (Lipinski definition) is 1. The topological polar surface area (TPSA) is 52.2 Å². The van der Waals surface area contributed by atoms with Crippen LogP contribution in [0.3, 0.4) is 0 Å². The van der Waals surface area contributed by atoms with Gasteiger partial charge in [0.15, 0.2) is 0 Å². The van der Waals surface area contributed by atoms with Crippen LogP contribution in [-0.4, -0.2) is 14.8 Å². The van der Waals surface area contributed by atoms with Gasteiger partial charge in [-0.3, -0.25) is 4.21 Å². The van der Waals surface area contributed by atoms with Gasteiger partial charge in [-0.05, 0) is 31.1 Å². The van der Waals surface area contributed by atoms with Crippen molar-refractivity contribution in [2.45, 2.75) is 51.0 Å². The van der Waals surface area contributed by atoms with Crippen molar-refractivity contribution in [2.24, 2.45) is 11.8 Å². The molecule has 2 aliphatic carbocycles. The Balaban J connectivity index is 1.86. The molecule has 0 saturated heterocycles. The van der Waals surface area contributed by atoms with Gasteiger partial charge in [-0.2, -0.15) is 0 Å². The van der Waals surface area contributed by atoms with Crippen LogP contribution in [0.15, 0.2) is 0 Å². The van der Waals surface area contributed by atoms with E-state index in [9.17, 15) is 8.76 Å². The van der Waals surface area contributed by atoms with Crippen LogP contribution in [0.25, 0.3) is 0 Å². The highest BCUT2D eigenvalue weighted by atomic mass is 32.2. The van der Waals surface area contributed by atoms with Crippen molar-refractivity contribution in [3.8, 4) is 0 Å². The van der Waals surface area contributed by atoms with Crippen LogP contribution in [0.2, 0.25) is 0 Å². The summed E-state index contributed by atoms with van der Waals surface area (Å²) in [6, 6.07) is 0.215. The van der Waals surface area contributed by atoms with Crippen LogP contribution in [0.4, 0.5) is 0 Å². The molecule has 0 bridgehead atoms. The zero-order chi connectivity index (χ0) is 9.97. The number of fused-ring (bicyclic) bond motifs is 1. The molecule has 82 valence electrons. The second kappa shape index (κ2) is 4.73. The molecule has 0 heterocycles. The molecule has 2 fully saturated rings. The fraction of sp³-hybridized carbons (Fsp3) is 1.00. The summed E-state index contributed by atoms with van der Waals surface area (Å²) in [5, 5.41) is 0. The summed E-state index contributed by atoms with van der Waals surface area (Å²) in [5.41, 5.74) is 0. The zero-order valence-electron chi connectivity index (χ0n) is 8.41. The van der Waals surface area contributed by atoms with E-state index in [0.717, 1.165) is 24.7 Å². The van der Waals surface area contributed by atoms with Crippen LogP contribution < -0.4 is 4.72 Å². The molecular weight excluding hydrogens is 198 g/mol. The highest BCUT2D eigenvalue weighted by Crippen LogP contribution is 2.40. The normalized spacial score (nSPS) is 40.2. The smallest absolute Gasteiger partial charge is 0.0187 e. The highest BCUT2D eigenvalue weighted by Gasteiger charge is 2.31. The first kappa shape index (κ1) is 10.6. The largest absolute Gasteiger partial charge is 0.760 e. The maximum atomic E-state index is 10.5. The molecule has 2 aliphatic rings. The predicted molar refractivity (Wildman–Crippen MR) is 55.1 cm³/mol. The zero-order valence-corrected chi connectivity index (χ0v) is 9.22. The maximum absolute atomic E-state index is 10.5. The summed E-state index contributed by atoms with van der Waals surface area (Å²) < 4.78 is 23.7. The van der Waals surface area contributed by atoms with E-state index in [1.807, 2.05) is 0 Å². The Labute approximate surface area is 88.1 Å². The van der Waals surface area contributed by atoms with Gasteiger partial charge in [0.25, 0.3) is 0 Å². The Kier molecular flexibility index (Phi) is 3.57. The van der Waals surface area contributed by atoms with Crippen molar-refractivity contribution in [3.63, 3.8) is 0 Å². The summed E-state index contributed by atoms with van der Waals surface area (Å²) in [6.07, 6.45) is 8.74. The molecule has 14 heavy (non-hydrogen) atoms. The van der Waals surface area contributed by atoms with Crippen molar-refractivity contribution in [3.05, 3.63) is 0 Å². The monoisotopic (exact) mass is 216 g/mol. The Bertz CT molecular complexity index is 222. The predicted octanol–water partition coefficient (Wildman–Crippen LogP) is 1.73. The van der Waals surface area contributed by atoms with Gasteiger partial charge in [0.05, 0.1) is 0 Å². The summed E-state index contributed by atoms with van der Waals surface area (Å²) in [5.74, 6) is 1.68. The molecule has 0 aromatic rings. The Morgan fingerprint density at radius 1 is 1.07 bits per heavy atom. The van der Waals surface area contributed by atoms with Crippen LogP contribution in [0, 0.1) is 11.8 Å². The van der Waals surface area contributed by atoms with Gasteiger partial charge in [-0.15, -0.1) is 0 Å². The lowest BCUT2D eigenvalue weighted by atomic mass is 9.70. The fourth-order valence-electron chi connectivity index (χ4n) is 3.12. The average molecular weight is 216 g/mol. The molecule has 0 aromatic carbocycles. The van der Waals surface area contributed by atoms with Gasteiger partial charge in [0.2, 0.25) is 0 Å². The van der Waals surface area contributed by atoms with Gasteiger partial charge < -0.3 is 4.55 Å². The van der Waals surface area contributed by atoms with Crippen molar-refractivity contribution in [1.82, 2.24) is 4.72 Å². The van der Waals surface area contributed by atoms with E-state index in [-0.39, 0.29) is 6.04 Å². The molecule has 0 spiro atoms. The number of nitrogens with one attached hydrogen (secondary N) is 1. The molecule has 2 rings (SSSR count). The molecule has 4 heteroatoms. The Hall–Kier alpha value is 0.0700. The first-order valence-corrected chi connectivity index (χ1v) is 6.68. The lowest BCUT2D eigenvalue weighted by Crippen LogP contribution is -2.39. The molecule has 0 amide bonds. The van der Waals surface area contributed by atoms with E-state index >= 15 is 0 Å². The van der Waals surface area contributed by atoms with Crippen molar-refractivity contribution in [2.75, 3.05) is 0 Å². The second-order valence-corrected chi connectivity index (χ2v) is 5.37. The lowest BCUT2D eigenvalue weighted by Gasteiger charge is -2.39. The third-order valence-corrected chi connectivity index (χ3v) is 4.33. The highest BCUT2D eigenvalue weighted by molar-refractivity contribution is 7.77. The van der Waals surface area contributed by atoms with Gasteiger partial charge >= 0.3 is 0 Å². The van der Waals surface area contributed by atoms with Crippen LogP contribution in [-0.2, 0) is 11.3 Å². The molecular formula is C10H18NO2S-. The van der Waals surface area contributed by atoms with E-state index in [2.05, 4.69) is 4.72 Å². The van der Waals surface area contributed by atoms with Crippen LogP contribution in [0.1, 0.15) is 44.9 Å². The van der Waals surface area contributed by atoms with E-state index in [1.165, 1.54) is 32.1 Å². The SMILES string of the molecule is O=S([O-])NC1CCC2CCCCC2C1. The standard InChI is InChI=1S/C10H19NO2S/c12-14(13)11-10-6-5-8-3-1-2-4-9(8)7-10/h8-11H,1-7H2,(H,12,13)/p-1. The Morgan fingerprint density at radius 3 is 2.50 bits per heavy atom. The van der Waals surface area contributed by atoms with Crippen molar-refractivity contribution in [1.29, 1.82) is 0 Å². The maximum Gasteiger partial charge on any atom is 0.0187 e. The van der Waals surface area contributed by atoms with Crippen molar-refractivity contribution >= 4 is 11.3 Å². The quantitative estimate of drug-likeness (QED) is 0.715. The molecule has 1 N–H and O–H groups in total. The van der Waals surface area contributed by atoms with Gasteiger partial charge in [0.1, 0.15) is 0 Å². The first-order valence-electron chi connectivity index (χ1n) is 5.61. The summed E-state index contributed by atoms with van der Waals surface area (Å²) in [4.78, 5) is 0. The van der Waals surface area contributed by atoms with Gasteiger partial charge in [-0.25, -0.2) is 4.72 Å². The summed E-state index contributed by atoms with van der Waals surface area (Å²) in [7, 11) is 0.